The predicted molar refractivity (Wildman–Crippen MR) is 94.5 cm³/mol. The van der Waals surface area contributed by atoms with E-state index in [1.165, 1.54) is 9.71 Å². The van der Waals surface area contributed by atoms with Crippen molar-refractivity contribution in [3.63, 3.8) is 0 Å². The van der Waals surface area contributed by atoms with Crippen molar-refractivity contribution in [1.82, 2.24) is 10.3 Å². The Kier molecular flexibility index (Phi) is 6.05. The van der Waals surface area contributed by atoms with Gasteiger partial charge in [-0.3, -0.25) is 0 Å². The summed E-state index contributed by atoms with van der Waals surface area (Å²) in [6, 6.07) is 8.88. The predicted octanol–water partition coefficient (Wildman–Crippen LogP) is 3.49. The zero-order chi connectivity index (χ0) is 15.4. The Hall–Kier alpha value is -0.620. The maximum absolute atomic E-state index is 9.39. The van der Waals surface area contributed by atoms with Gasteiger partial charge in [0.05, 0.1) is 21.8 Å². The minimum absolute atomic E-state index is 0.206. The Bertz CT molecular complexity index is 535. The van der Waals surface area contributed by atoms with E-state index < -0.39 is 0 Å². The van der Waals surface area contributed by atoms with Gasteiger partial charge in [-0.2, -0.15) is 11.8 Å². The summed E-state index contributed by atoms with van der Waals surface area (Å²) in [6.45, 7) is 6.76. The SMILES string of the molecule is CSC(CO)C(C)NC(C)C(C)c1nc2ccccc2s1. The van der Waals surface area contributed by atoms with Gasteiger partial charge in [-0.15, -0.1) is 11.3 Å². The first-order chi connectivity index (χ1) is 10.1. The van der Waals surface area contributed by atoms with Crippen molar-refractivity contribution in [3.05, 3.63) is 29.3 Å². The third kappa shape index (κ3) is 3.97. The molecule has 116 valence electrons. The number of thiazole rings is 1. The Morgan fingerprint density at radius 2 is 1.95 bits per heavy atom. The van der Waals surface area contributed by atoms with E-state index in [1.807, 2.05) is 12.3 Å². The van der Waals surface area contributed by atoms with Crippen LogP contribution in [-0.2, 0) is 0 Å². The molecule has 2 N–H and O–H groups in total. The van der Waals surface area contributed by atoms with E-state index in [0.29, 0.717) is 12.0 Å². The summed E-state index contributed by atoms with van der Waals surface area (Å²) in [5.41, 5.74) is 1.09. The Morgan fingerprint density at radius 1 is 1.24 bits per heavy atom. The molecule has 0 fully saturated rings. The van der Waals surface area contributed by atoms with Gasteiger partial charge in [0, 0.05) is 23.3 Å². The van der Waals surface area contributed by atoms with Crippen LogP contribution in [0.1, 0.15) is 31.7 Å². The number of nitrogens with zero attached hydrogens (tertiary/aromatic N) is 1. The highest BCUT2D eigenvalue weighted by molar-refractivity contribution is 7.99. The average molecular weight is 325 g/mol. The first-order valence-electron chi connectivity index (χ1n) is 7.32. The fraction of sp³-hybridized carbons (Fsp3) is 0.562. The fourth-order valence-electron chi connectivity index (χ4n) is 2.40. The normalized spacial score (nSPS) is 17.6. The lowest BCUT2D eigenvalue weighted by Crippen LogP contribution is -2.44. The lowest BCUT2D eigenvalue weighted by molar-refractivity contribution is 0.268. The summed E-state index contributed by atoms with van der Waals surface area (Å²) in [4.78, 5) is 4.75. The van der Waals surface area contributed by atoms with E-state index in [2.05, 4.69) is 44.3 Å². The van der Waals surface area contributed by atoms with E-state index >= 15 is 0 Å². The quantitative estimate of drug-likeness (QED) is 0.818. The van der Waals surface area contributed by atoms with Gasteiger partial charge >= 0.3 is 0 Å². The summed E-state index contributed by atoms with van der Waals surface area (Å²) in [6.07, 6.45) is 2.04. The Morgan fingerprint density at radius 3 is 2.57 bits per heavy atom. The van der Waals surface area contributed by atoms with Crippen molar-refractivity contribution >= 4 is 33.3 Å². The number of nitrogens with one attached hydrogen (secondary N) is 1. The summed E-state index contributed by atoms with van der Waals surface area (Å²) in [5.74, 6) is 0.353. The lowest BCUT2D eigenvalue weighted by atomic mass is 10.0. The molecule has 3 nitrogen and oxygen atoms in total. The molecule has 1 aromatic heterocycles. The van der Waals surface area contributed by atoms with Gasteiger partial charge in [0.25, 0.3) is 0 Å². The van der Waals surface area contributed by atoms with Crippen LogP contribution in [0.25, 0.3) is 10.2 Å². The number of aliphatic hydroxyl groups is 1. The number of hydrogen-bond donors (Lipinski definition) is 2. The summed E-state index contributed by atoms with van der Waals surface area (Å²) in [7, 11) is 0. The highest BCUT2D eigenvalue weighted by Crippen LogP contribution is 2.29. The highest BCUT2D eigenvalue weighted by atomic mass is 32.2. The second-order valence-corrected chi connectivity index (χ2v) is 7.65. The van der Waals surface area contributed by atoms with Crippen LogP contribution in [-0.4, -0.2) is 40.3 Å². The smallest absolute Gasteiger partial charge is 0.0982 e. The van der Waals surface area contributed by atoms with Crippen LogP contribution in [0.15, 0.2) is 24.3 Å². The molecule has 0 spiro atoms. The molecule has 0 aliphatic carbocycles. The molecule has 2 aromatic rings. The number of aliphatic hydroxyl groups excluding tert-OH is 1. The number of para-hydroxylation sites is 1. The van der Waals surface area contributed by atoms with Gasteiger partial charge in [-0.1, -0.05) is 19.1 Å². The molecular weight excluding hydrogens is 300 g/mol. The highest BCUT2D eigenvalue weighted by Gasteiger charge is 2.23. The van der Waals surface area contributed by atoms with Crippen LogP contribution in [0.3, 0.4) is 0 Å². The Balaban J connectivity index is 2.06. The second kappa shape index (κ2) is 7.58. The molecule has 1 heterocycles. The molecule has 4 unspecified atom stereocenters. The van der Waals surface area contributed by atoms with Gasteiger partial charge < -0.3 is 10.4 Å². The summed E-state index contributed by atoms with van der Waals surface area (Å²) < 4.78 is 1.25. The first-order valence-corrected chi connectivity index (χ1v) is 9.42. The van der Waals surface area contributed by atoms with E-state index in [4.69, 9.17) is 4.98 Å². The zero-order valence-corrected chi connectivity index (χ0v) is 14.7. The molecule has 0 aliphatic rings. The van der Waals surface area contributed by atoms with Crippen LogP contribution in [0.2, 0.25) is 0 Å². The van der Waals surface area contributed by atoms with Crippen molar-refractivity contribution in [1.29, 1.82) is 0 Å². The third-order valence-corrected chi connectivity index (χ3v) is 6.42. The average Bonchev–Trinajstić information content (AvgIpc) is 2.91. The standard InChI is InChI=1S/C16H24N2OS2/c1-10(11(2)17-12(3)15(9-19)20-4)16-18-13-7-5-6-8-14(13)21-16/h5-8,10-12,15,17,19H,9H2,1-4H3. The topological polar surface area (TPSA) is 45.1 Å². The van der Waals surface area contributed by atoms with Crippen molar-refractivity contribution in [3.8, 4) is 0 Å². The van der Waals surface area contributed by atoms with E-state index in [9.17, 15) is 5.11 Å². The minimum Gasteiger partial charge on any atom is -0.395 e. The molecule has 21 heavy (non-hydrogen) atoms. The van der Waals surface area contributed by atoms with E-state index in [-0.39, 0.29) is 17.9 Å². The molecule has 0 amide bonds. The Labute approximate surface area is 135 Å². The van der Waals surface area contributed by atoms with Gasteiger partial charge in [-0.25, -0.2) is 4.98 Å². The maximum Gasteiger partial charge on any atom is 0.0982 e. The van der Waals surface area contributed by atoms with Crippen LogP contribution in [0, 0.1) is 0 Å². The van der Waals surface area contributed by atoms with E-state index in [1.54, 1.807) is 23.1 Å². The molecule has 0 bridgehead atoms. The molecule has 0 radical (unpaired) electrons. The van der Waals surface area contributed by atoms with Crippen molar-refractivity contribution in [2.75, 3.05) is 12.9 Å². The number of benzene rings is 1. The van der Waals surface area contributed by atoms with Crippen molar-refractivity contribution < 1.29 is 5.11 Å². The van der Waals surface area contributed by atoms with Crippen molar-refractivity contribution in [2.24, 2.45) is 0 Å². The van der Waals surface area contributed by atoms with E-state index in [0.717, 1.165) is 5.52 Å². The van der Waals surface area contributed by atoms with Gasteiger partial charge in [0.1, 0.15) is 0 Å². The minimum atomic E-state index is 0.206. The molecular formula is C16H24N2OS2. The van der Waals surface area contributed by atoms with Crippen LogP contribution in [0.4, 0.5) is 0 Å². The van der Waals surface area contributed by atoms with Gasteiger partial charge in [-0.05, 0) is 32.2 Å². The number of aromatic nitrogens is 1. The monoisotopic (exact) mass is 324 g/mol. The molecule has 1 aromatic carbocycles. The number of thioether (sulfide) groups is 1. The molecule has 4 atom stereocenters. The van der Waals surface area contributed by atoms with Gasteiger partial charge in [0.2, 0.25) is 0 Å². The summed E-state index contributed by atoms with van der Waals surface area (Å²) >= 11 is 3.48. The largest absolute Gasteiger partial charge is 0.395 e. The molecule has 0 saturated heterocycles. The summed E-state index contributed by atoms with van der Waals surface area (Å²) in [5, 5.41) is 14.4. The lowest BCUT2D eigenvalue weighted by Gasteiger charge is -2.28. The molecule has 0 aliphatic heterocycles. The number of rotatable bonds is 7. The third-order valence-electron chi connectivity index (χ3n) is 4.02. The first kappa shape index (κ1) is 16.7. The molecule has 2 rings (SSSR count). The molecule has 0 saturated carbocycles. The maximum atomic E-state index is 9.39. The van der Waals surface area contributed by atoms with Gasteiger partial charge in [0.15, 0.2) is 0 Å². The second-order valence-electron chi connectivity index (χ2n) is 5.51. The number of hydrogen-bond acceptors (Lipinski definition) is 5. The molecule has 5 heteroatoms. The fourth-order valence-corrected chi connectivity index (χ4v) is 4.16. The van der Waals surface area contributed by atoms with Crippen molar-refractivity contribution in [2.45, 2.75) is 44.0 Å². The van der Waals surface area contributed by atoms with Crippen LogP contribution < -0.4 is 5.32 Å². The van der Waals surface area contributed by atoms with Crippen LogP contribution in [0.5, 0.6) is 0 Å². The number of fused-ring (bicyclic) bond motifs is 1. The zero-order valence-electron chi connectivity index (χ0n) is 13.0. The van der Waals surface area contributed by atoms with Crippen LogP contribution >= 0.6 is 23.1 Å².